The number of hydrogen-bond donors (Lipinski definition) is 0. The molecule has 5 heteroatoms. The first-order chi connectivity index (χ1) is 14.5. The Morgan fingerprint density at radius 1 is 0.833 bits per heavy atom. The first kappa shape index (κ1) is 20.9. The zero-order valence-corrected chi connectivity index (χ0v) is 17.0. The van der Waals surface area contributed by atoms with E-state index in [2.05, 4.69) is 0 Å². The number of ether oxygens (including phenoxy) is 3. The van der Waals surface area contributed by atoms with Crippen molar-refractivity contribution < 1.29 is 23.8 Å². The number of carbonyl (C=O) groups excluding carboxylic acids is 2. The Balaban J connectivity index is 1.67. The summed E-state index contributed by atoms with van der Waals surface area (Å²) in [5.41, 5.74) is 2.65. The van der Waals surface area contributed by atoms with Crippen LogP contribution in [0.3, 0.4) is 0 Å². The third-order valence-corrected chi connectivity index (χ3v) is 4.55. The van der Waals surface area contributed by atoms with Gasteiger partial charge in [0.05, 0.1) is 19.8 Å². The topological polar surface area (TPSA) is 61.8 Å². The van der Waals surface area contributed by atoms with E-state index in [1.807, 2.05) is 25.1 Å². The quantitative estimate of drug-likeness (QED) is 0.237. The minimum Gasteiger partial charge on any atom is -0.493 e. The molecule has 0 aromatic heterocycles. The summed E-state index contributed by atoms with van der Waals surface area (Å²) in [6, 6.07) is 19.1. The molecule has 152 valence electrons. The van der Waals surface area contributed by atoms with Crippen molar-refractivity contribution in [3.63, 3.8) is 0 Å². The van der Waals surface area contributed by atoms with Crippen molar-refractivity contribution in [1.29, 1.82) is 0 Å². The van der Waals surface area contributed by atoms with Gasteiger partial charge in [0.15, 0.2) is 17.3 Å². The number of allylic oxidation sites excluding steroid dienone is 1. The average Bonchev–Trinajstić information content (AvgIpc) is 2.78. The maximum absolute atomic E-state index is 12.4. The number of aryl methyl sites for hydroxylation is 1. The van der Waals surface area contributed by atoms with Crippen LogP contribution in [0.15, 0.2) is 72.8 Å². The number of methoxy groups -OCH3 is 2. The van der Waals surface area contributed by atoms with Crippen LogP contribution in [-0.2, 0) is 0 Å². The zero-order valence-electron chi connectivity index (χ0n) is 17.0. The predicted octanol–water partition coefficient (Wildman–Crippen LogP) is 5.13. The van der Waals surface area contributed by atoms with Gasteiger partial charge in [0, 0.05) is 5.56 Å². The first-order valence-corrected chi connectivity index (χ1v) is 9.34. The standard InChI is InChI=1S/C25H22O5/c1-17-6-4-5-7-21(17)25(27)30-20-12-10-19(11-13-20)22(26)14-8-18-9-15-23(28-2)24(16-18)29-3/h4-16H,1-3H3/b14-8+. The number of carbonyl (C=O) groups is 2. The Hall–Kier alpha value is -3.86. The molecule has 30 heavy (non-hydrogen) atoms. The van der Waals surface area contributed by atoms with Crippen molar-refractivity contribution in [3.8, 4) is 17.2 Å². The molecule has 0 aliphatic carbocycles. The Kier molecular flexibility index (Phi) is 6.65. The van der Waals surface area contributed by atoms with Crippen molar-refractivity contribution >= 4 is 17.8 Å². The fourth-order valence-corrected chi connectivity index (χ4v) is 2.88. The molecule has 3 aromatic carbocycles. The second-order valence-electron chi connectivity index (χ2n) is 6.54. The van der Waals surface area contributed by atoms with Gasteiger partial charge < -0.3 is 14.2 Å². The summed E-state index contributed by atoms with van der Waals surface area (Å²) in [5, 5.41) is 0. The number of esters is 1. The van der Waals surface area contributed by atoms with E-state index in [-0.39, 0.29) is 5.78 Å². The zero-order chi connectivity index (χ0) is 21.5. The Bertz CT molecular complexity index is 1080. The van der Waals surface area contributed by atoms with Crippen LogP contribution in [0.25, 0.3) is 6.08 Å². The van der Waals surface area contributed by atoms with Crippen molar-refractivity contribution in [2.45, 2.75) is 6.92 Å². The van der Waals surface area contributed by atoms with Crippen molar-refractivity contribution in [2.75, 3.05) is 14.2 Å². The lowest BCUT2D eigenvalue weighted by Crippen LogP contribution is -2.10. The van der Waals surface area contributed by atoms with E-state index in [1.54, 1.807) is 68.8 Å². The van der Waals surface area contributed by atoms with E-state index < -0.39 is 5.97 Å². The molecular formula is C25H22O5. The third-order valence-electron chi connectivity index (χ3n) is 4.55. The van der Waals surface area contributed by atoms with Gasteiger partial charge in [-0.25, -0.2) is 4.79 Å². The molecule has 0 aliphatic rings. The van der Waals surface area contributed by atoms with Crippen LogP contribution >= 0.6 is 0 Å². The predicted molar refractivity (Wildman–Crippen MR) is 115 cm³/mol. The summed E-state index contributed by atoms with van der Waals surface area (Å²) >= 11 is 0. The van der Waals surface area contributed by atoms with E-state index in [0.29, 0.717) is 28.4 Å². The molecule has 0 fully saturated rings. The molecule has 0 amide bonds. The summed E-state index contributed by atoms with van der Waals surface area (Å²) in [7, 11) is 3.13. The molecule has 0 aliphatic heterocycles. The molecule has 0 unspecified atom stereocenters. The van der Waals surface area contributed by atoms with E-state index in [1.165, 1.54) is 6.08 Å². The fourth-order valence-electron chi connectivity index (χ4n) is 2.88. The minimum atomic E-state index is -0.430. The molecule has 0 bridgehead atoms. The number of ketones is 1. The molecule has 0 radical (unpaired) electrons. The van der Waals surface area contributed by atoms with Crippen LogP contribution in [0.2, 0.25) is 0 Å². The molecule has 0 N–H and O–H groups in total. The van der Waals surface area contributed by atoms with E-state index in [0.717, 1.165) is 11.1 Å². The summed E-state index contributed by atoms with van der Waals surface area (Å²) in [6.07, 6.45) is 3.19. The Morgan fingerprint density at radius 2 is 1.53 bits per heavy atom. The molecule has 5 nitrogen and oxygen atoms in total. The molecule has 0 atom stereocenters. The van der Waals surface area contributed by atoms with Crippen LogP contribution in [0, 0.1) is 6.92 Å². The summed E-state index contributed by atoms with van der Waals surface area (Å²) in [6.45, 7) is 1.85. The highest BCUT2D eigenvalue weighted by atomic mass is 16.5. The van der Waals surface area contributed by atoms with Gasteiger partial charge in [0.25, 0.3) is 0 Å². The summed E-state index contributed by atoms with van der Waals surface area (Å²) < 4.78 is 15.9. The smallest absolute Gasteiger partial charge is 0.343 e. The van der Waals surface area contributed by atoms with Gasteiger partial charge in [-0.2, -0.15) is 0 Å². The fraction of sp³-hybridized carbons (Fsp3) is 0.120. The van der Waals surface area contributed by atoms with Gasteiger partial charge in [-0.15, -0.1) is 0 Å². The second-order valence-corrected chi connectivity index (χ2v) is 6.54. The molecule has 0 saturated carbocycles. The van der Waals surface area contributed by atoms with E-state index in [9.17, 15) is 9.59 Å². The third kappa shape index (κ3) is 4.94. The normalized spacial score (nSPS) is 10.6. The Labute approximate surface area is 175 Å². The molecule has 0 saturated heterocycles. The van der Waals surface area contributed by atoms with Gasteiger partial charge in [-0.3, -0.25) is 4.79 Å². The van der Waals surface area contributed by atoms with E-state index in [4.69, 9.17) is 14.2 Å². The second kappa shape index (κ2) is 9.56. The molecule has 3 aromatic rings. The van der Waals surface area contributed by atoms with Crippen LogP contribution in [-0.4, -0.2) is 26.0 Å². The van der Waals surface area contributed by atoms with Gasteiger partial charge in [0.1, 0.15) is 5.75 Å². The monoisotopic (exact) mass is 402 g/mol. The highest BCUT2D eigenvalue weighted by Gasteiger charge is 2.11. The van der Waals surface area contributed by atoms with Gasteiger partial charge >= 0.3 is 5.97 Å². The van der Waals surface area contributed by atoms with Gasteiger partial charge in [0.2, 0.25) is 0 Å². The maximum Gasteiger partial charge on any atom is 0.343 e. The van der Waals surface area contributed by atoms with E-state index >= 15 is 0 Å². The van der Waals surface area contributed by atoms with Crippen molar-refractivity contribution in [2.24, 2.45) is 0 Å². The first-order valence-electron chi connectivity index (χ1n) is 9.34. The number of rotatable bonds is 7. The lowest BCUT2D eigenvalue weighted by molar-refractivity contribution is 0.0734. The highest BCUT2D eigenvalue weighted by Crippen LogP contribution is 2.28. The lowest BCUT2D eigenvalue weighted by Gasteiger charge is -2.07. The molecular weight excluding hydrogens is 380 g/mol. The van der Waals surface area contributed by atoms with Gasteiger partial charge in [-0.1, -0.05) is 30.3 Å². The van der Waals surface area contributed by atoms with Crippen LogP contribution in [0.4, 0.5) is 0 Å². The highest BCUT2D eigenvalue weighted by molar-refractivity contribution is 6.07. The van der Waals surface area contributed by atoms with Crippen LogP contribution in [0.5, 0.6) is 17.2 Å². The molecule has 0 spiro atoms. The minimum absolute atomic E-state index is 0.165. The van der Waals surface area contributed by atoms with Crippen LogP contribution < -0.4 is 14.2 Å². The van der Waals surface area contributed by atoms with Crippen molar-refractivity contribution in [1.82, 2.24) is 0 Å². The average molecular weight is 402 g/mol. The molecule has 0 heterocycles. The molecule has 3 rings (SSSR count). The SMILES string of the molecule is COc1ccc(/C=C/C(=O)c2ccc(OC(=O)c3ccccc3C)cc2)cc1OC. The number of benzene rings is 3. The largest absolute Gasteiger partial charge is 0.493 e. The number of hydrogen-bond acceptors (Lipinski definition) is 5. The Morgan fingerprint density at radius 3 is 2.20 bits per heavy atom. The van der Waals surface area contributed by atoms with Crippen molar-refractivity contribution in [3.05, 3.63) is 95.1 Å². The maximum atomic E-state index is 12.4. The lowest BCUT2D eigenvalue weighted by atomic mass is 10.1. The summed E-state index contributed by atoms with van der Waals surface area (Å²) in [5.74, 6) is 0.995. The van der Waals surface area contributed by atoms with Gasteiger partial charge in [-0.05, 0) is 66.6 Å². The summed E-state index contributed by atoms with van der Waals surface area (Å²) in [4.78, 5) is 24.7. The van der Waals surface area contributed by atoms with Crippen LogP contribution in [0.1, 0.15) is 31.8 Å².